The Kier molecular flexibility index (Phi) is 6.50. The van der Waals surface area contributed by atoms with Crippen molar-refractivity contribution in [1.29, 1.82) is 0 Å². The molecule has 124 valence electrons. The van der Waals surface area contributed by atoms with Crippen LogP contribution in [0.1, 0.15) is 54.0 Å². The monoisotopic (exact) mass is 437 g/mol. The molecule has 0 aliphatic carbocycles. The Labute approximate surface area is 137 Å². The number of hydrogen-bond donors (Lipinski definition) is 0. The van der Waals surface area contributed by atoms with Crippen LogP contribution in [0.4, 0.5) is 22.0 Å². The predicted octanol–water partition coefficient (Wildman–Crippen LogP) is 4.77. The van der Waals surface area contributed by atoms with Crippen LogP contribution in [0.25, 0.3) is 0 Å². The molecule has 0 aromatic carbocycles. The van der Waals surface area contributed by atoms with E-state index in [2.05, 4.69) is 9.72 Å². The summed E-state index contributed by atoms with van der Waals surface area (Å²) in [7, 11) is 0. The molecule has 0 aliphatic heterocycles. The molecule has 9 heteroatoms. The zero-order chi connectivity index (χ0) is 17.1. The van der Waals surface area contributed by atoms with E-state index in [1.54, 1.807) is 6.92 Å². The lowest BCUT2D eigenvalue weighted by molar-refractivity contribution is -0.142. The van der Waals surface area contributed by atoms with Crippen molar-refractivity contribution in [2.24, 2.45) is 0 Å². The van der Waals surface area contributed by atoms with Crippen LogP contribution in [-0.4, -0.2) is 17.6 Å². The number of aromatic nitrogens is 1. The van der Waals surface area contributed by atoms with Crippen molar-refractivity contribution >= 4 is 28.6 Å². The average Bonchev–Trinajstić information content (AvgIpc) is 2.39. The molecule has 1 rings (SSSR count). The van der Waals surface area contributed by atoms with E-state index in [4.69, 9.17) is 0 Å². The lowest BCUT2D eigenvalue weighted by Gasteiger charge is -2.18. The minimum absolute atomic E-state index is 0.0394. The van der Waals surface area contributed by atoms with Crippen LogP contribution >= 0.6 is 22.6 Å². The maximum atomic E-state index is 13.1. The Hall–Kier alpha value is -1.00. The highest BCUT2D eigenvalue weighted by Gasteiger charge is 2.41. The second-order valence-electron chi connectivity index (χ2n) is 4.28. The first kappa shape index (κ1) is 19.0. The molecule has 1 aromatic heterocycles. The molecule has 0 saturated heterocycles. The summed E-state index contributed by atoms with van der Waals surface area (Å²) in [4.78, 5) is 14.9. The Morgan fingerprint density at radius 3 is 2.32 bits per heavy atom. The number of esters is 1. The smallest absolute Gasteiger partial charge is 0.434 e. The normalized spacial score (nSPS) is 11.9. The maximum Gasteiger partial charge on any atom is 0.434 e. The first-order valence-corrected chi connectivity index (χ1v) is 7.47. The molecular weight excluding hydrogens is 424 g/mol. The highest BCUT2D eigenvalue weighted by Crippen LogP contribution is 2.37. The quantitative estimate of drug-likeness (QED) is 0.379. The van der Waals surface area contributed by atoms with Gasteiger partial charge in [-0.25, -0.2) is 18.6 Å². The van der Waals surface area contributed by atoms with Crippen LogP contribution in [0.3, 0.4) is 0 Å². The number of rotatable bonds is 5. The lowest BCUT2D eigenvalue weighted by Crippen LogP contribution is -2.22. The van der Waals surface area contributed by atoms with Crippen molar-refractivity contribution < 1.29 is 31.5 Å². The molecule has 0 amide bonds. The van der Waals surface area contributed by atoms with Crippen molar-refractivity contribution in [2.45, 2.75) is 39.3 Å². The molecule has 0 atom stereocenters. The molecule has 0 saturated carbocycles. The number of halogens is 6. The molecule has 0 unspecified atom stereocenters. The first-order valence-electron chi connectivity index (χ1n) is 6.39. The van der Waals surface area contributed by atoms with Crippen LogP contribution in [0.5, 0.6) is 0 Å². The molecule has 0 bridgehead atoms. The zero-order valence-electron chi connectivity index (χ0n) is 11.7. The third-order valence-electron chi connectivity index (χ3n) is 2.72. The third-order valence-corrected chi connectivity index (χ3v) is 3.92. The van der Waals surface area contributed by atoms with Gasteiger partial charge in [-0.3, -0.25) is 0 Å². The Bertz CT molecular complexity index is 560. The number of carbonyl (C=O) groups is 1. The van der Waals surface area contributed by atoms with Gasteiger partial charge in [-0.15, -0.1) is 0 Å². The van der Waals surface area contributed by atoms with Crippen molar-refractivity contribution in [2.75, 3.05) is 6.61 Å². The van der Waals surface area contributed by atoms with E-state index in [1.165, 1.54) is 29.5 Å². The third kappa shape index (κ3) is 4.05. The topological polar surface area (TPSA) is 39.2 Å². The molecule has 0 fully saturated rings. The number of hydrogen-bond acceptors (Lipinski definition) is 3. The van der Waals surface area contributed by atoms with Crippen molar-refractivity contribution in [3.8, 4) is 0 Å². The number of pyridine rings is 1. The van der Waals surface area contributed by atoms with Gasteiger partial charge in [0.1, 0.15) is 5.69 Å². The van der Waals surface area contributed by atoms with Gasteiger partial charge in [0.25, 0.3) is 6.43 Å². The van der Waals surface area contributed by atoms with Gasteiger partial charge in [0.2, 0.25) is 0 Å². The molecule has 0 aliphatic rings. The van der Waals surface area contributed by atoms with Gasteiger partial charge < -0.3 is 4.74 Å². The number of carbonyl (C=O) groups excluding carboxylic acids is 1. The lowest BCUT2D eigenvalue weighted by atomic mass is 10.0. The summed E-state index contributed by atoms with van der Waals surface area (Å²) in [5.41, 5.74) is -3.46. The van der Waals surface area contributed by atoms with Gasteiger partial charge in [-0.2, -0.15) is 13.2 Å². The molecule has 0 radical (unpaired) electrons. The van der Waals surface area contributed by atoms with Crippen LogP contribution in [-0.2, 0) is 17.3 Å². The largest absolute Gasteiger partial charge is 0.462 e. The molecular formula is C13H13F5INO2. The summed E-state index contributed by atoms with van der Waals surface area (Å²) < 4.78 is 69.8. The second kappa shape index (κ2) is 7.51. The standard InChI is InChI=1S/C13H13F5INO2/c1-3-5-6-7(12(21)22-4-2)10(13(16,17)18)20-9(8(6)19)11(14)15/h11H,3-5H2,1-2H3. The van der Waals surface area contributed by atoms with Crippen LogP contribution in [0, 0.1) is 3.57 Å². The fraction of sp³-hybridized carbons (Fsp3) is 0.538. The molecule has 0 spiro atoms. The molecule has 22 heavy (non-hydrogen) atoms. The zero-order valence-corrected chi connectivity index (χ0v) is 13.9. The molecule has 0 N–H and O–H groups in total. The fourth-order valence-corrected chi connectivity index (χ4v) is 2.79. The summed E-state index contributed by atoms with van der Waals surface area (Å²) in [6.45, 7) is 2.98. The van der Waals surface area contributed by atoms with Crippen molar-refractivity contribution in [3.63, 3.8) is 0 Å². The summed E-state index contributed by atoms with van der Waals surface area (Å²) >= 11 is 1.49. The minimum atomic E-state index is -5.03. The van der Waals surface area contributed by atoms with E-state index >= 15 is 0 Å². The fourth-order valence-electron chi connectivity index (χ4n) is 1.89. The van der Waals surface area contributed by atoms with Gasteiger partial charge in [-0.05, 0) is 41.5 Å². The van der Waals surface area contributed by atoms with E-state index in [-0.39, 0.29) is 22.2 Å². The number of ether oxygens (including phenoxy) is 1. The minimum Gasteiger partial charge on any atom is -0.462 e. The predicted molar refractivity (Wildman–Crippen MR) is 76.9 cm³/mol. The van der Waals surface area contributed by atoms with E-state index < -0.39 is 35.5 Å². The SMILES string of the molecule is CCCc1c(I)c(C(F)F)nc(C(F)(F)F)c1C(=O)OCC. The number of nitrogens with zero attached hydrogens (tertiary/aromatic N) is 1. The summed E-state index contributed by atoms with van der Waals surface area (Å²) in [6.07, 6.45) is -7.78. The summed E-state index contributed by atoms with van der Waals surface area (Å²) in [6, 6.07) is 0. The van der Waals surface area contributed by atoms with Gasteiger partial charge in [0.05, 0.1) is 12.2 Å². The van der Waals surface area contributed by atoms with Crippen molar-refractivity contribution in [3.05, 3.63) is 26.1 Å². The Morgan fingerprint density at radius 2 is 1.91 bits per heavy atom. The van der Waals surface area contributed by atoms with Crippen LogP contribution in [0.15, 0.2) is 0 Å². The average molecular weight is 437 g/mol. The van der Waals surface area contributed by atoms with E-state index in [0.29, 0.717) is 6.42 Å². The van der Waals surface area contributed by atoms with Crippen LogP contribution in [0.2, 0.25) is 0 Å². The molecule has 3 nitrogen and oxygen atoms in total. The summed E-state index contributed by atoms with van der Waals surface area (Å²) in [5.74, 6) is -1.20. The van der Waals surface area contributed by atoms with E-state index in [1.807, 2.05) is 0 Å². The highest BCUT2D eigenvalue weighted by molar-refractivity contribution is 14.1. The van der Waals surface area contributed by atoms with Crippen LogP contribution < -0.4 is 0 Å². The van der Waals surface area contributed by atoms with E-state index in [0.717, 1.165) is 0 Å². The van der Waals surface area contributed by atoms with E-state index in [9.17, 15) is 26.7 Å². The van der Waals surface area contributed by atoms with Gasteiger partial charge in [0, 0.05) is 3.57 Å². The van der Waals surface area contributed by atoms with Gasteiger partial charge in [0.15, 0.2) is 5.69 Å². The van der Waals surface area contributed by atoms with Gasteiger partial charge in [-0.1, -0.05) is 13.3 Å². The second-order valence-corrected chi connectivity index (χ2v) is 5.36. The molecule has 1 aromatic rings. The maximum absolute atomic E-state index is 13.1. The Morgan fingerprint density at radius 1 is 1.32 bits per heavy atom. The van der Waals surface area contributed by atoms with Crippen molar-refractivity contribution in [1.82, 2.24) is 4.98 Å². The first-order chi connectivity index (χ1) is 10.1. The molecule has 1 heterocycles. The highest BCUT2D eigenvalue weighted by atomic mass is 127. The summed E-state index contributed by atoms with van der Waals surface area (Å²) in [5, 5.41) is 0. The van der Waals surface area contributed by atoms with Gasteiger partial charge >= 0.3 is 12.1 Å². The number of alkyl halides is 5. The Balaban J connectivity index is 3.74.